The van der Waals surface area contributed by atoms with Gasteiger partial charge in [0.1, 0.15) is 0 Å². The van der Waals surface area contributed by atoms with Crippen molar-refractivity contribution in [1.29, 1.82) is 0 Å². The second kappa shape index (κ2) is 4.93. The second-order valence-corrected chi connectivity index (χ2v) is 7.80. The largest absolute Gasteiger partial charge is 0.349 e. The molecule has 3 rings (SSSR count). The molecule has 1 N–H and O–H groups in total. The minimum atomic E-state index is 0.169. The van der Waals surface area contributed by atoms with Gasteiger partial charge in [-0.05, 0) is 55.9 Å². The van der Waals surface area contributed by atoms with Gasteiger partial charge in [0, 0.05) is 16.3 Å². The van der Waals surface area contributed by atoms with Gasteiger partial charge < -0.3 is 5.32 Å². The van der Waals surface area contributed by atoms with Crippen LogP contribution in [0.15, 0.2) is 5.38 Å². The molecule has 1 heterocycles. The minimum absolute atomic E-state index is 0.169. The van der Waals surface area contributed by atoms with E-state index in [0.29, 0.717) is 11.5 Å². The topological polar surface area (TPSA) is 29.1 Å². The van der Waals surface area contributed by atoms with Gasteiger partial charge in [-0.2, -0.15) is 0 Å². The molecule has 19 heavy (non-hydrogen) atoms. The van der Waals surface area contributed by atoms with Crippen LogP contribution in [0.25, 0.3) is 0 Å². The second-order valence-electron chi connectivity index (χ2n) is 6.84. The molecule has 1 atom stereocenters. The highest BCUT2D eigenvalue weighted by Gasteiger charge is 2.32. The maximum atomic E-state index is 12.4. The Labute approximate surface area is 119 Å². The van der Waals surface area contributed by atoms with Gasteiger partial charge in [-0.1, -0.05) is 13.8 Å². The molecule has 0 aliphatic heterocycles. The summed E-state index contributed by atoms with van der Waals surface area (Å²) in [5, 5.41) is 5.33. The summed E-state index contributed by atoms with van der Waals surface area (Å²) in [4.78, 5) is 13.9. The molecule has 1 saturated carbocycles. The molecule has 104 valence electrons. The molecule has 1 aromatic rings. The average Bonchev–Trinajstić information content (AvgIpc) is 2.92. The van der Waals surface area contributed by atoms with Crippen molar-refractivity contribution < 1.29 is 4.79 Å². The molecule has 1 fully saturated rings. The Bertz CT molecular complexity index is 489. The monoisotopic (exact) mass is 277 g/mol. The van der Waals surface area contributed by atoms with Gasteiger partial charge >= 0.3 is 0 Å². The lowest BCUT2D eigenvalue weighted by Crippen LogP contribution is -2.33. The maximum absolute atomic E-state index is 12.4. The highest BCUT2D eigenvalue weighted by molar-refractivity contribution is 7.10. The molecule has 0 saturated heterocycles. The molecule has 2 nitrogen and oxygen atoms in total. The number of hydrogen-bond donors (Lipinski definition) is 1. The number of hydrogen-bond acceptors (Lipinski definition) is 2. The van der Waals surface area contributed by atoms with Crippen molar-refractivity contribution in [3.63, 3.8) is 0 Å². The Morgan fingerprint density at radius 3 is 2.89 bits per heavy atom. The predicted molar refractivity (Wildman–Crippen MR) is 79.8 cm³/mol. The molecule has 1 aromatic heterocycles. The lowest BCUT2D eigenvalue weighted by Gasteiger charge is -2.18. The summed E-state index contributed by atoms with van der Waals surface area (Å²) in [6, 6.07) is 0.377. The third-order valence-corrected chi connectivity index (χ3v) is 5.70. The van der Waals surface area contributed by atoms with Crippen LogP contribution in [-0.4, -0.2) is 11.9 Å². The Hall–Kier alpha value is -0.830. The Morgan fingerprint density at radius 1 is 1.37 bits per heavy atom. The van der Waals surface area contributed by atoms with Gasteiger partial charge in [0.25, 0.3) is 5.91 Å². The van der Waals surface area contributed by atoms with Crippen LogP contribution in [-0.2, 0) is 12.8 Å². The molecular weight excluding hydrogens is 254 g/mol. The van der Waals surface area contributed by atoms with Crippen LogP contribution in [0.2, 0.25) is 0 Å². The summed E-state index contributed by atoms with van der Waals surface area (Å²) in [7, 11) is 0. The fraction of sp³-hybridized carbons (Fsp3) is 0.688. The van der Waals surface area contributed by atoms with Gasteiger partial charge in [-0.25, -0.2) is 0 Å². The summed E-state index contributed by atoms with van der Waals surface area (Å²) in [5.41, 5.74) is 2.70. The molecule has 1 unspecified atom stereocenters. The number of carbonyl (C=O) groups excluding carboxylic acids is 1. The molecule has 0 radical (unpaired) electrons. The SMILES string of the molecule is CC1(C)CCC(NC(=O)c2csc3c2CCCC3)C1. The molecule has 2 aliphatic carbocycles. The molecule has 3 heteroatoms. The number of thiophene rings is 1. The van der Waals surface area contributed by atoms with Crippen molar-refractivity contribution >= 4 is 17.2 Å². The van der Waals surface area contributed by atoms with E-state index in [1.54, 1.807) is 11.3 Å². The summed E-state index contributed by atoms with van der Waals surface area (Å²) in [6.45, 7) is 4.59. The van der Waals surface area contributed by atoms with Crippen LogP contribution in [0.5, 0.6) is 0 Å². The highest BCUT2D eigenvalue weighted by atomic mass is 32.1. The van der Waals surface area contributed by atoms with Crippen LogP contribution in [0.3, 0.4) is 0 Å². The van der Waals surface area contributed by atoms with E-state index in [0.717, 1.165) is 24.8 Å². The van der Waals surface area contributed by atoms with Crippen LogP contribution < -0.4 is 5.32 Å². The Balaban J connectivity index is 1.69. The third-order valence-electron chi connectivity index (χ3n) is 4.61. The molecule has 0 spiro atoms. The van der Waals surface area contributed by atoms with Gasteiger partial charge in [0.05, 0.1) is 5.56 Å². The van der Waals surface area contributed by atoms with E-state index in [9.17, 15) is 4.79 Å². The summed E-state index contributed by atoms with van der Waals surface area (Å²) < 4.78 is 0. The van der Waals surface area contributed by atoms with Crippen molar-refractivity contribution in [3.8, 4) is 0 Å². The number of aryl methyl sites for hydroxylation is 1. The third kappa shape index (κ3) is 2.71. The minimum Gasteiger partial charge on any atom is -0.349 e. The lowest BCUT2D eigenvalue weighted by molar-refractivity contribution is 0.0935. The lowest BCUT2D eigenvalue weighted by atomic mass is 9.91. The first-order valence-electron chi connectivity index (χ1n) is 7.45. The Morgan fingerprint density at radius 2 is 2.16 bits per heavy atom. The molecule has 1 amide bonds. The molecular formula is C16H23NOS. The van der Waals surface area contributed by atoms with Crippen LogP contribution >= 0.6 is 11.3 Å². The zero-order chi connectivity index (χ0) is 13.5. The number of nitrogens with one attached hydrogen (secondary N) is 1. The van der Waals surface area contributed by atoms with E-state index in [2.05, 4.69) is 24.5 Å². The first-order chi connectivity index (χ1) is 9.05. The molecule has 0 bridgehead atoms. The van der Waals surface area contributed by atoms with Crippen LogP contribution in [0.4, 0.5) is 0 Å². The normalized spacial score (nSPS) is 25.1. The first-order valence-corrected chi connectivity index (χ1v) is 8.33. The number of fused-ring (bicyclic) bond motifs is 1. The number of rotatable bonds is 2. The molecule has 2 aliphatic rings. The van der Waals surface area contributed by atoms with Crippen molar-refractivity contribution in [3.05, 3.63) is 21.4 Å². The van der Waals surface area contributed by atoms with Crippen LogP contribution in [0.1, 0.15) is 66.8 Å². The summed E-state index contributed by atoms with van der Waals surface area (Å²) in [6.07, 6.45) is 8.25. The van der Waals surface area contributed by atoms with E-state index in [1.807, 2.05) is 0 Å². The van der Waals surface area contributed by atoms with Gasteiger partial charge in [-0.15, -0.1) is 11.3 Å². The fourth-order valence-corrected chi connectivity index (χ4v) is 4.63. The smallest absolute Gasteiger partial charge is 0.252 e. The van der Waals surface area contributed by atoms with E-state index >= 15 is 0 Å². The summed E-state index contributed by atoms with van der Waals surface area (Å²) >= 11 is 1.78. The number of amides is 1. The zero-order valence-corrected chi connectivity index (χ0v) is 12.7. The van der Waals surface area contributed by atoms with Crippen molar-refractivity contribution in [1.82, 2.24) is 5.32 Å². The maximum Gasteiger partial charge on any atom is 0.252 e. The van der Waals surface area contributed by atoms with Crippen LogP contribution in [0, 0.1) is 5.41 Å². The van der Waals surface area contributed by atoms with E-state index in [4.69, 9.17) is 0 Å². The zero-order valence-electron chi connectivity index (χ0n) is 11.9. The number of carbonyl (C=O) groups is 1. The Kier molecular flexibility index (Phi) is 3.42. The van der Waals surface area contributed by atoms with Crippen molar-refractivity contribution in [2.45, 2.75) is 64.8 Å². The summed E-state index contributed by atoms with van der Waals surface area (Å²) in [5.74, 6) is 0.169. The standard InChI is InChI=1S/C16H23NOS/c1-16(2)8-7-11(9-16)17-15(18)13-10-19-14-6-4-3-5-12(13)14/h10-11H,3-9H2,1-2H3,(H,17,18). The van der Waals surface area contributed by atoms with Crippen molar-refractivity contribution in [2.24, 2.45) is 5.41 Å². The van der Waals surface area contributed by atoms with E-state index in [1.165, 1.54) is 36.1 Å². The van der Waals surface area contributed by atoms with Gasteiger partial charge in [0.15, 0.2) is 0 Å². The highest BCUT2D eigenvalue weighted by Crippen LogP contribution is 2.37. The van der Waals surface area contributed by atoms with E-state index < -0.39 is 0 Å². The quantitative estimate of drug-likeness (QED) is 0.871. The van der Waals surface area contributed by atoms with Crippen molar-refractivity contribution in [2.75, 3.05) is 0 Å². The molecule has 0 aromatic carbocycles. The van der Waals surface area contributed by atoms with Gasteiger partial charge in [-0.3, -0.25) is 4.79 Å². The van der Waals surface area contributed by atoms with Gasteiger partial charge in [0.2, 0.25) is 0 Å². The predicted octanol–water partition coefficient (Wildman–Crippen LogP) is 3.94. The first kappa shape index (κ1) is 13.2. The average molecular weight is 277 g/mol. The fourth-order valence-electron chi connectivity index (χ4n) is 3.51. The van der Waals surface area contributed by atoms with E-state index in [-0.39, 0.29) is 5.91 Å².